The maximum absolute atomic E-state index is 12.1. The molecule has 3 heterocycles. The van der Waals surface area contributed by atoms with Crippen LogP contribution in [0.15, 0.2) is 35.0 Å². The minimum absolute atomic E-state index is 0.167. The van der Waals surface area contributed by atoms with Crippen molar-refractivity contribution in [2.45, 2.75) is 20.4 Å². The molecule has 0 aliphatic heterocycles. The summed E-state index contributed by atoms with van der Waals surface area (Å²) in [5.74, 6) is 1.17. The number of aryl methyl sites for hydroxylation is 2. The highest BCUT2D eigenvalue weighted by Gasteiger charge is 2.13. The number of nitrogens with one attached hydrogen (secondary N) is 1. The van der Waals surface area contributed by atoms with Crippen LogP contribution in [0.3, 0.4) is 0 Å². The maximum atomic E-state index is 12.1. The SMILES string of the molecule is Cc1cc(C(=O)NCc2cn3cc(Cl)ccc3n2)c(C)o1. The molecule has 0 aliphatic rings. The smallest absolute Gasteiger partial charge is 0.255 e. The zero-order valence-electron chi connectivity index (χ0n) is 11.7. The Morgan fingerprint density at radius 3 is 2.90 bits per heavy atom. The first kappa shape index (κ1) is 13.7. The Morgan fingerprint density at radius 1 is 1.38 bits per heavy atom. The average molecular weight is 304 g/mol. The molecule has 0 atom stereocenters. The van der Waals surface area contributed by atoms with E-state index in [2.05, 4.69) is 10.3 Å². The lowest BCUT2D eigenvalue weighted by atomic mass is 10.2. The molecule has 5 nitrogen and oxygen atoms in total. The van der Waals surface area contributed by atoms with E-state index in [1.165, 1.54) is 0 Å². The van der Waals surface area contributed by atoms with E-state index in [9.17, 15) is 4.79 Å². The molecule has 0 radical (unpaired) electrons. The van der Waals surface area contributed by atoms with Gasteiger partial charge < -0.3 is 14.1 Å². The van der Waals surface area contributed by atoms with Crippen molar-refractivity contribution in [3.63, 3.8) is 0 Å². The summed E-state index contributed by atoms with van der Waals surface area (Å²) in [6, 6.07) is 5.34. The lowest BCUT2D eigenvalue weighted by molar-refractivity contribution is 0.0949. The van der Waals surface area contributed by atoms with Crippen LogP contribution in [0.25, 0.3) is 5.65 Å². The highest BCUT2D eigenvalue weighted by molar-refractivity contribution is 6.30. The van der Waals surface area contributed by atoms with E-state index in [1.807, 2.05) is 23.6 Å². The standard InChI is InChI=1S/C15H14ClN3O2/c1-9-5-13(10(2)21-9)15(20)17-6-12-8-19-7-11(16)3-4-14(19)18-12/h3-5,7-8H,6H2,1-2H3,(H,17,20). The largest absolute Gasteiger partial charge is 0.466 e. The number of fused-ring (bicyclic) bond motifs is 1. The van der Waals surface area contributed by atoms with Crippen molar-refractivity contribution in [1.29, 1.82) is 0 Å². The number of pyridine rings is 1. The number of imidazole rings is 1. The first-order valence-corrected chi connectivity index (χ1v) is 6.89. The summed E-state index contributed by atoms with van der Waals surface area (Å²) < 4.78 is 7.18. The first-order valence-electron chi connectivity index (χ1n) is 6.51. The molecular formula is C15H14ClN3O2. The summed E-state index contributed by atoms with van der Waals surface area (Å²) in [6.07, 6.45) is 3.62. The van der Waals surface area contributed by atoms with Gasteiger partial charge in [-0.15, -0.1) is 0 Å². The zero-order chi connectivity index (χ0) is 15.0. The molecule has 3 rings (SSSR count). The number of rotatable bonds is 3. The monoisotopic (exact) mass is 303 g/mol. The van der Waals surface area contributed by atoms with Crippen molar-refractivity contribution in [3.8, 4) is 0 Å². The number of aromatic nitrogens is 2. The Morgan fingerprint density at radius 2 is 2.19 bits per heavy atom. The Labute approximate surface area is 126 Å². The first-order chi connectivity index (χ1) is 10.0. The van der Waals surface area contributed by atoms with Gasteiger partial charge >= 0.3 is 0 Å². The van der Waals surface area contributed by atoms with E-state index in [-0.39, 0.29) is 5.91 Å². The third kappa shape index (κ3) is 2.78. The fourth-order valence-corrected chi connectivity index (χ4v) is 2.39. The second-order valence-corrected chi connectivity index (χ2v) is 5.29. The van der Waals surface area contributed by atoms with Gasteiger partial charge in [0, 0.05) is 12.4 Å². The molecule has 0 fully saturated rings. The van der Waals surface area contributed by atoms with Gasteiger partial charge in [-0.2, -0.15) is 0 Å². The van der Waals surface area contributed by atoms with Crippen LogP contribution in [0.2, 0.25) is 5.02 Å². The number of nitrogens with zero attached hydrogens (tertiary/aromatic N) is 2. The van der Waals surface area contributed by atoms with Crippen LogP contribution in [0.5, 0.6) is 0 Å². The van der Waals surface area contributed by atoms with E-state index in [0.717, 1.165) is 17.1 Å². The van der Waals surface area contributed by atoms with E-state index >= 15 is 0 Å². The lowest BCUT2D eigenvalue weighted by Crippen LogP contribution is -2.23. The summed E-state index contributed by atoms with van der Waals surface area (Å²) in [6.45, 7) is 3.94. The van der Waals surface area contributed by atoms with Gasteiger partial charge in [-0.25, -0.2) is 4.98 Å². The average Bonchev–Trinajstić information content (AvgIpc) is 2.98. The maximum Gasteiger partial charge on any atom is 0.255 e. The molecule has 0 unspecified atom stereocenters. The Hall–Kier alpha value is -2.27. The number of halogens is 1. The number of hydrogen-bond donors (Lipinski definition) is 1. The predicted molar refractivity (Wildman–Crippen MR) is 79.6 cm³/mol. The lowest BCUT2D eigenvalue weighted by Gasteiger charge is -2.01. The van der Waals surface area contributed by atoms with Crippen LogP contribution in [0, 0.1) is 13.8 Å². The van der Waals surface area contributed by atoms with Crippen molar-refractivity contribution in [1.82, 2.24) is 14.7 Å². The van der Waals surface area contributed by atoms with Gasteiger partial charge in [0.05, 0.1) is 22.8 Å². The zero-order valence-corrected chi connectivity index (χ0v) is 12.4. The van der Waals surface area contributed by atoms with Gasteiger partial charge in [0.15, 0.2) is 0 Å². The normalized spacial score (nSPS) is 11.0. The topological polar surface area (TPSA) is 59.5 Å². The van der Waals surface area contributed by atoms with Gasteiger partial charge in [-0.05, 0) is 32.0 Å². The second-order valence-electron chi connectivity index (χ2n) is 4.85. The van der Waals surface area contributed by atoms with Crippen LogP contribution in [0.1, 0.15) is 27.6 Å². The molecule has 0 spiro atoms. The van der Waals surface area contributed by atoms with Gasteiger partial charge in [-0.1, -0.05) is 11.6 Å². The molecule has 0 bridgehead atoms. The summed E-state index contributed by atoms with van der Waals surface area (Å²) in [5.41, 5.74) is 2.11. The minimum atomic E-state index is -0.167. The molecule has 3 aromatic heterocycles. The molecule has 0 saturated carbocycles. The number of hydrogen-bond acceptors (Lipinski definition) is 3. The third-order valence-electron chi connectivity index (χ3n) is 3.18. The van der Waals surface area contributed by atoms with Gasteiger partial charge in [0.2, 0.25) is 0 Å². The summed E-state index contributed by atoms with van der Waals surface area (Å²) in [7, 11) is 0. The highest BCUT2D eigenvalue weighted by Crippen LogP contribution is 2.14. The summed E-state index contributed by atoms with van der Waals surface area (Å²) in [5, 5.41) is 3.48. The number of carbonyl (C=O) groups is 1. The van der Waals surface area contributed by atoms with E-state index in [0.29, 0.717) is 22.9 Å². The van der Waals surface area contributed by atoms with Crippen LogP contribution in [0.4, 0.5) is 0 Å². The van der Waals surface area contributed by atoms with E-state index < -0.39 is 0 Å². The van der Waals surface area contributed by atoms with Crippen LogP contribution in [-0.2, 0) is 6.54 Å². The predicted octanol–water partition coefficient (Wildman–Crippen LogP) is 3.13. The molecule has 108 valence electrons. The molecule has 0 aromatic carbocycles. The Kier molecular flexibility index (Phi) is 3.43. The molecule has 3 aromatic rings. The fourth-order valence-electron chi connectivity index (χ4n) is 2.22. The van der Waals surface area contributed by atoms with Crippen LogP contribution >= 0.6 is 11.6 Å². The molecular weight excluding hydrogens is 290 g/mol. The van der Waals surface area contributed by atoms with E-state index in [4.69, 9.17) is 16.0 Å². The number of amides is 1. The molecule has 6 heteroatoms. The van der Waals surface area contributed by atoms with Crippen molar-refractivity contribution in [2.24, 2.45) is 0 Å². The number of furan rings is 1. The van der Waals surface area contributed by atoms with Gasteiger partial charge in [0.1, 0.15) is 17.2 Å². The highest BCUT2D eigenvalue weighted by atomic mass is 35.5. The van der Waals surface area contributed by atoms with Crippen molar-refractivity contribution in [3.05, 3.63) is 58.4 Å². The van der Waals surface area contributed by atoms with Crippen molar-refractivity contribution in [2.75, 3.05) is 0 Å². The second kappa shape index (κ2) is 5.26. The van der Waals surface area contributed by atoms with Crippen LogP contribution in [-0.4, -0.2) is 15.3 Å². The number of carbonyl (C=O) groups excluding carboxylic acids is 1. The molecule has 0 saturated heterocycles. The van der Waals surface area contributed by atoms with Crippen LogP contribution < -0.4 is 5.32 Å². The van der Waals surface area contributed by atoms with Crippen molar-refractivity contribution >= 4 is 23.2 Å². The summed E-state index contributed by atoms with van der Waals surface area (Å²) in [4.78, 5) is 16.5. The third-order valence-corrected chi connectivity index (χ3v) is 3.40. The van der Waals surface area contributed by atoms with Gasteiger partial charge in [-0.3, -0.25) is 4.79 Å². The van der Waals surface area contributed by atoms with Crippen molar-refractivity contribution < 1.29 is 9.21 Å². The molecule has 1 amide bonds. The molecule has 1 N–H and O–H groups in total. The summed E-state index contributed by atoms with van der Waals surface area (Å²) >= 11 is 5.93. The Balaban J connectivity index is 1.74. The minimum Gasteiger partial charge on any atom is -0.466 e. The fraction of sp³-hybridized carbons (Fsp3) is 0.200. The molecule has 21 heavy (non-hydrogen) atoms. The quantitative estimate of drug-likeness (QED) is 0.808. The molecule has 0 aliphatic carbocycles. The Bertz CT molecular complexity index is 820. The van der Waals surface area contributed by atoms with Gasteiger partial charge in [0.25, 0.3) is 5.91 Å². The van der Waals surface area contributed by atoms with E-state index in [1.54, 1.807) is 25.3 Å².